The Bertz CT molecular complexity index is 867. The summed E-state index contributed by atoms with van der Waals surface area (Å²) in [6.45, 7) is 3.64. The molecule has 0 radical (unpaired) electrons. The quantitative estimate of drug-likeness (QED) is 0.845. The summed E-state index contributed by atoms with van der Waals surface area (Å²) < 4.78 is 11.9. The van der Waals surface area contributed by atoms with Gasteiger partial charge in [-0.2, -0.15) is 0 Å². The molecule has 23 heavy (non-hydrogen) atoms. The lowest BCUT2D eigenvalue weighted by molar-refractivity contribution is -0.130. The number of ether oxygens (including phenoxy) is 2. The molecule has 0 spiro atoms. The number of likely N-dealkylation sites (N-methyl/N-ethyl adjacent to an activating group) is 1. The first-order valence-electron chi connectivity index (χ1n) is 6.81. The molecule has 0 saturated heterocycles. The summed E-state index contributed by atoms with van der Waals surface area (Å²) in [5.41, 5.74) is 0.622. The molecule has 0 aliphatic carbocycles. The van der Waals surface area contributed by atoms with E-state index >= 15 is 0 Å². The standard InChI is InChI=1S/C16H18N2O4S/c1-10-17-16(20)14(23-10)8-11-5-6-12(13(7-11)21-4)22-9-15(19)18(2)3/h5-8H,1,9H2,2-4H3,(H,17,20)/b14-8-. The van der Waals surface area contributed by atoms with Crippen LogP contribution in [0.2, 0.25) is 0 Å². The zero-order chi connectivity index (χ0) is 17.0. The van der Waals surface area contributed by atoms with E-state index in [1.165, 1.54) is 23.3 Å². The van der Waals surface area contributed by atoms with Gasteiger partial charge in [-0.15, -0.1) is 11.3 Å². The van der Waals surface area contributed by atoms with Crippen LogP contribution in [0, 0.1) is 0 Å². The van der Waals surface area contributed by atoms with E-state index in [2.05, 4.69) is 11.6 Å². The Morgan fingerprint density at radius 1 is 1.39 bits per heavy atom. The summed E-state index contributed by atoms with van der Waals surface area (Å²) in [5, 5.41) is 0. The Morgan fingerprint density at radius 3 is 2.70 bits per heavy atom. The molecule has 1 aromatic heterocycles. The van der Waals surface area contributed by atoms with Crippen LogP contribution in [0.3, 0.4) is 0 Å². The van der Waals surface area contributed by atoms with Crippen LogP contribution >= 0.6 is 11.3 Å². The van der Waals surface area contributed by atoms with Crippen molar-refractivity contribution in [2.75, 3.05) is 27.8 Å². The fourth-order valence-corrected chi connectivity index (χ4v) is 2.55. The van der Waals surface area contributed by atoms with Crippen LogP contribution in [0.1, 0.15) is 5.56 Å². The van der Waals surface area contributed by atoms with Gasteiger partial charge in [0.25, 0.3) is 11.5 Å². The van der Waals surface area contributed by atoms with Crippen LogP contribution in [0.5, 0.6) is 11.5 Å². The van der Waals surface area contributed by atoms with Gasteiger partial charge in [-0.1, -0.05) is 12.6 Å². The minimum atomic E-state index is -0.170. The molecule has 7 heteroatoms. The van der Waals surface area contributed by atoms with E-state index < -0.39 is 0 Å². The molecule has 0 saturated carbocycles. The average molecular weight is 334 g/mol. The fraction of sp³-hybridized carbons (Fsp3) is 0.250. The number of nitrogens with zero attached hydrogens (tertiary/aromatic N) is 1. The van der Waals surface area contributed by atoms with Gasteiger partial charge in [-0.05, 0) is 23.8 Å². The fourth-order valence-electron chi connectivity index (χ4n) is 1.80. The molecular weight excluding hydrogens is 316 g/mol. The first-order chi connectivity index (χ1) is 10.9. The van der Waals surface area contributed by atoms with Crippen LogP contribution < -0.4 is 24.2 Å². The van der Waals surface area contributed by atoms with Gasteiger partial charge in [0.05, 0.1) is 16.3 Å². The van der Waals surface area contributed by atoms with Gasteiger partial charge >= 0.3 is 0 Å². The van der Waals surface area contributed by atoms with Crippen molar-refractivity contribution in [1.82, 2.24) is 9.88 Å². The lowest BCUT2D eigenvalue weighted by Gasteiger charge is -2.13. The van der Waals surface area contributed by atoms with Crippen molar-refractivity contribution in [2.24, 2.45) is 0 Å². The number of nitrogens with one attached hydrogen (secondary N) is 1. The second kappa shape index (κ2) is 7.15. The number of methoxy groups -OCH3 is 1. The molecule has 0 unspecified atom stereocenters. The molecule has 2 aromatic rings. The molecule has 1 N–H and O–H groups in total. The molecule has 2 rings (SSSR count). The Balaban J connectivity index is 2.28. The zero-order valence-electron chi connectivity index (χ0n) is 13.2. The largest absolute Gasteiger partial charge is 0.493 e. The predicted octanol–water partition coefficient (Wildman–Crippen LogP) is 0.151. The van der Waals surface area contributed by atoms with Crippen molar-refractivity contribution >= 4 is 29.9 Å². The van der Waals surface area contributed by atoms with E-state index in [0.717, 1.165) is 5.56 Å². The Kier molecular flexibility index (Phi) is 5.23. The van der Waals surface area contributed by atoms with Crippen LogP contribution in [0.25, 0.3) is 12.7 Å². The number of hydrogen-bond donors (Lipinski definition) is 1. The Labute approximate surface area is 137 Å². The van der Waals surface area contributed by atoms with E-state index in [0.29, 0.717) is 20.7 Å². The summed E-state index contributed by atoms with van der Waals surface area (Å²) in [5.74, 6) is 0.821. The van der Waals surface area contributed by atoms with Crippen molar-refractivity contribution in [3.63, 3.8) is 0 Å². The third-order valence-electron chi connectivity index (χ3n) is 3.05. The predicted molar refractivity (Wildman–Crippen MR) is 90.5 cm³/mol. The molecule has 1 aromatic carbocycles. The highest BCUT2D eigenvalue weighted by Gasteiger charge is 2.09. The van der Waals surface area contributed by atoms with Crippen molar-refractivity contribution in [3.8, 4) is 11.5 Å². The number of aromatic amines is 1. The van der Waals surface area contributed by atoms with E-state index in [9.17, 15) is 9.59 Å². The van der Waals surface area contributed by atoms with Gasteiger partial charge in [0.15, 0.2) is 18.1 Å². The lowest BCUT2D eigenvalue weighted by Crippen LogP contribution is -2.27. The third kappa shape index (κ3) is 4.23. The molecule has 0 atom stereocenters. The number of H-pyrrole nitrogens is 1. The number of rotatable bonds is 5. The van der Waals surface area contributed by atoms with Gasteiger partial charge in [-0.3, -0.25) is 9.59 Å². The number of carbonyl (C=O) groups is 1. The number of aromatic nitrogens is 1. The van der Waals surface area contributed by atoms with Crippen LogP contribution in [-0.2, 0) is 4.79 Å². The summed E-state index contributed by atoms with van der Waals surface area (Å²) >= 11 is 1.29. The topological polar surface area (TPSA) is 71.6 Å². The van der Waals surface area contributed by atoms with E-state index in [-0.39, 0.29) is 18.1 Å². The maximum atomic E-state index is 11.7. The highest BCUT2D eigenvalue weighted by atomic mass is 32.1. The van der Waals surface area contributed by atoms with E-state index in [1.807, 2.05) is 0 Å². The Morgan fingerprint density at radius 2 is 2.13 bits per heavy atom. The number of thiazole rings is 1. The molecule has 0 bridgehead atoms. The van der Waals surface area contributed by atoms with Gasteiger partial charge in [0, 0.05) is 14.1 Å². The third-order valence-corrected chi connectivity index (χ3v) is 3.92. The summed E-state index contributed by atoms with van der Waals surface area (Å²) in [4.78, 5) is 27.4. The van der Waals surface area contributed by atoms with Crippen LogP contribution in [-0.4, -0.2) is 43.6 Å². The molecule has 1 heterocycles. The number of amides is 1. The van der Waals surface area contributed by atoms with Gasteiger partial charge < -0.3 is 19.4 Å². The SMILES string of the molecule is C=c1[nH]c(=O)/c(=C/c2ccc(OCC(=O)N(C)C)c(OC)c2)s1. The van der Waals surface area contributed by atoms with Crippen molar-refractivity contribution < 1.29 is 14.3 Å². The number of benzene rings is 1. The smallest absolute Gasteiger partial charge is 0.266 e. The molecule has 0 aliphatic heterocycles. The summed E-state index contributed by atoms with van der Waals surface area (Å²) in [7, 11) is 4.85. The van der Waals surface area contributed by atoms with Gasteiger partial charge in [0.1, 0.15) is 0 Å². The number of carbonyl (C=O) groups excluding carboxylic acids is 1. The summed E-state index contributed by atoms with van der Waals surface area (Å²) in [6.07, 6.45) is 1.75. The maximum absolute atomic E-state index is 11.7. The molecule has 6 nitrogen and oxygen atoms in total. The zero-order valence-corrected chi connectivity index (χ0v) is 14.0. The first kappa shape index (κ1) is 16.8. The van der Waals surface area contributed by atoms with Crippen molar-refractivity contribution in [1.29, 1.82) is 0 Å². The Hall–Kier alpha value is -2.54. The second-order valence-electron chi connectivity index (χ2n) is 4.98. The maximum Gasteiger partial charge on any atom is 0.266 e. The van der Waals surface area contributed by atoms with Crippen molar-refractivity contribution in [2.45, 2.75) is 0 Å². The van der Waals surface area contributed by atoms with Crippen molar-refractivity contribution in [3.05, 3.63) is 43.3 Å². The minimum absolute atomic E-state index is 0.0676. The van der Waals surface area contributed by atoms with Gasteiger partial charge in [-0.25, -0.2) is 0 Å². The highest BCUT2D eigenvalue weighted by Crippen LogP contribution is 2.28. The highest BCUT2D eigenvalue weighted by molar-refractivity contribution is 7.07. The van der Waals surface area contributed by atoms with Crippen LogP contribution in [0.4, 0.5) is 0 Å². The monoisotopic (exact) mass is 334 g/mol. The molecule has 0 aliphatic rings. The average Bonchev–Trinajstić information content (AvgIpc) is 2.82. The molecular formula is C16H18N2O4S. The van der Waals surface area contributed by atoms with Crippen LogP contribution in [0.15, 0.2) is 23.0 Å². The minimum Gasteiger partial charge on any atom is -0.493 e. The van der Waals surface area contributed by atoms with Gasteiger partial charge in [0.2, 0.25) is 0 Å². The first-order valence-corrected chi connectivity index (χ1v) is 7.63. The second-order valence-corrected chi connectivity index (χ2v) is 6.11. The molecule has 122 valence electrons. The lowest BCUT2D eigenvalue weighted by atomic mass is 10.2. The molecule has 1 amide bonds. The van der Waals surface area contributed by atoms with E-state index in [1.54, 1.807) is 38.4 Å². The summed E-state index contributed by atoms with van der Waals surface area (Å²) in [6, 6.07) is 5.25. The van der Waals surface area contributed by atoms with E-state index in [4.69, 9.17) is 9.47 Å². The normalized spacial score (nSPS) is 11.3. The number of hydrogen-bond acceptors (Lipinski definition) is 5. The molecule has 0 fully saturated rings.